The molecule has 0 saturated carbocycles. The number of unbranched alkanes of at least 4 members (excludes halogenated alkanes) is 10. The van der Waals surface area contributed by atoms with Gasteiger partial charge in [-0.2, -0.15) is 0 Å². The number of fused-ring (bicyclic) bond motifs is 3. The van der Waals surface area contributed by atoms with Gasteiger partial charge < -0.3 is 19.7 Å². The predicted molar refractivity (Wildman–Crippen MR) is 147 cm³/mol. The average Bonchev–Trinajstić information content (AvgIpc) is 3.12. The normalized spacial score (nSPS) is 13.4. The third kappa shape index (κ3) is 6.93. The molecule has 6 heteroatoms. The van der Waals surface area contributed by atoms with Gasteiger partial charge in [-0.15, -0.1) is 0 Å². The van der Waals surface area contributed by atoms with Gasteiger partial charge in [-0.05, 0) is 52.7 Å². The molecule has 0 fully saturated rings. The van der Waals surface area contributed by atoms with Crippen LogP contribution >= 0.6 is 0 Å². The van der Waals surface area contributed by atoms with Crippen molar-refractivity contribution >= 4 is 20.3 Å². The summed E-state index contributed by atoms with van der Waals surface area (Å²) >= 11 is 0. The lowest BCUT2D eigenvalue weighted by molar-refractivity contribution is 0.395. The summed E-state index contributed by atoms with van der Waals surface area (Å²) in [6.07, 6.45) is 17.0. The zero-order valence-corrected chi connectivity index (χ0v) is 21.8. The lowest BCUT2D eigenvalue weighted by atomic mass is 9.68. The van der Waals surface area contributed by atoms with E-state index in [2.05, 4.69) is 26.0 Å². The topological polar surface area (TPSA) is 69.9 Å². The van der Waals surface area contributed by atoms with Crippen LogP contribution < -0.4 is 10.1 Å². The number of rotatable bonds is 17. The van der Waals surface area contributed by atoms with Gasteiger partial charge in [0.05, 0.1) is 0 Å². The Balaban J connectivity index is 1.95. The molecule has 0 unspecified atom stereocenters. The number of hydrogen-bond acceptors (Lipinski definition) is 4. The van der Waals surface area contributed by atoms with Gasteiger partial charge in [0.15, 0.2) is 0 Å². The molecule has 3 rings (SSSR count). The van der Waals surface area contributed by atoms with Crippen LogP contribution in [0.1, 0.15) is 115 Å². The van der Waals surface area contributed by atoms with Crippen molar-refractivity contribution < 1.29 is 19.7 Å². The van der Waals surface area contributed by atoms with E-state index in [0.717, 1.165) is 33.4 Å². The molecule has 1 aliphatic carbocycles. The maximum Gasteiger partial charge on any atom is 0.569 e. The van der Waals surface area contributed by atoms with Crippen molar-refractivity contribution in [2.24, 2.45) is 0 Å². The minimum Gasteiger partial charge on any atom is -0.537 e. The Morgan fingerprint density at radius 3 is 1.77 bits per heavy atom. The van der Waals surface area contributed by atoms with Gasteiger partial charge in [0.2, 0.25) is 0 Å². The van der Waals surface area contributed by atoms with E-state index >= 15 is 0 Å². The van der Waals surface area contributed by atoms with Gasteiger partial charge in [-0.3, -0.25) is 0 Å². The Kier molecular flexibility index (Phi) is 11.2. The fraction of sp³-hybridized carbons (Fsp3) is 0.586. The zero-order chi connectivity index (χ0) is 25.1. The monoisotopic (exact) mass is 477 g/mol. The summed E-state index contributed by atoms with van der Waals surface area (Å²) in [6, 6.07) is 12.0. The van der Waals surface area contributed by atoms with E-state index in [4.69, 9.17) is 4.65 Å². The molecular formula is C29H43B2O4. The standard InChI is InChI=1S/C29H43B2O4/c1-3-5-7-9-11-13-19-29(20-14-12-10-8-6-4-2)27-21-23(31(33)34)15-17-25(27)26-18-16-24(35-30-32)22-28(26)29/h15-18,21-22,32-34H,3-14,19-20H2,1-2H3. The van der Waals surface area contributed by atoms with Crippen LogP contribution in [0.3, 0.4) is 0 Å². The Morgan fingerprint density at radius 2 is 1.23 bits per heavy atom. The lowest BCUT2D eigenvalue weighted by Crippen LogP contribution is -2.32. The molecular weight excluding hydrogens is 434 g/mol. The third-order valence-electron chi connectivity index (χ3n) is 7.76. The molecule has 2 aromatic carbocycles. The highest BCUT2D eigenvalue weighted by Gasteiger charge is 2.43. The molecule has 1 radical (unpaired) electrons. The molecule has 0 saturated heterocycles. The van der Waals surface area contributed by atoms with E-state index in [1.807, 2.05) is 24.3 Å². The second-order valence-corrected chi connectivity index (χ2v) is 10.2. The summed E-state index contributed by atoms with van der Waals surface area (Å²) < 4.78 is 5.38. The SMILES string of the molecule is CCCCCCCCC1(CCCCCCCC)c2cc(O[B]O)ccc2-c2ccc(B(O)O)cc21. The fourth-order valence-corrected chi connectivity index (χ4v) is 5.86. The van der Waals surface area contributed by atoms with E-state index in [9.17, 15) is 15.1 Å². The summed E-state index contributed by atoms with van der Waals surface area (Å²) in [5.41, 5.74) is 5.21. The van der Waals surface area contributed by atoms with Crippen molar-refractivity contribution in [3.05, 3.63) is 47.5 Å². The molecule has 3 N–H and O–H groups in total. The van der Waals surface area contributed by atoms with Crippen molar-refractivity contribution in [2.75, 3.05) is 0 Å². The first kappa shape index (κ1) is 27.8. The fourth-order valence-electron chi connectivity index (χ4n) is 5.86. The minimum atomic E-state index is -1.48. The molecule has 1 aliphatic rings. The van der Waals surface area contributed by atoms with Crippen molar-refractivity contribution in [1.29, 1.82) is 0 Å². The van der Waals surface area contributed by atoms with Gasteiger partial charge >= 0.3 is 14.8 Å². The van der Waals surface area contributed by atoms with Crippen molar-refractivity contribution in [3.8, 4) is 16.9 Å². The van der Waals surface area contributed by atoms with Gasteiger partial charge in [-0.1, -0.05) is 115 Å². The van der Waals surface area contributed by atoms with Crippen LogP contribution in [-0.4, -0.2) is 29.9 Å². The minimum absolute atomic E-state index is 0.181. The highest BCUT2D eigenvalue weighted by Crippen LogP contribution is 2.54. The van der Waals surface area contributed by atoms with Crippen LogP contribution in [0.15, 0.2) is 36.4 Å². The Hall–Kier alpha value is -1.75. The van der Waals surface area contributed by atoms with Crippen molar-refractivity contribution in [3.63, 3.8) is 0 Å². The molecule has 4 nitrogen and oxygen atoms in total. The quantitative estimate of drug-likeness (QED) is 0.192. The summed E-state index contributed by atoms with van der Waals surface area (Å²) in [4.78, 5) is 0. The lowest BCUT2D eigenvalue weighted by Gasteiger charge is -2.33. The van der Waals surface area contributed by atoms with Crippen molar-refractivity contribution in [2.45, 2.75) is 109 Å². The molecule has 189 valence electrons. The first-order valence-corrected chi connectivity index (χ1v) is 13.9. The maximum atomic E-state index is 9.95. The molecule has 0 amide bonds. The summed E-state index contributed by atoms with van der Waals surface area (Å²) in [5, 5.41) is 29.2. The van der Waals surface area contributed by atoms with Crippen LogP contribution in [0.25, 0.3) is 11.1 Å². The van der Waals surface area contributed by atoms with E-state index in [1.54, 1.807) is 0 Å². The summed E-state index contributed by atoms with van der Waals surface area (Å²) in [5.74, 6) is 0.636. The summed E-state index contributed by atoms with van der Waals surface area (Å²) in [7, 11) is -0.736. The molecule has 0 heterocycles. The van der Waals surface area contributed by atoms with Crippen LogP contribution in [0.5, 0.6) is 5.75 Å². The molecule has 0 aromatic heterocycles. The van der Waals surface area contributed by atoms with Gasteiger partial charge in [0, 0.05) is 5.41 Å². The van der Waals surface area contributed by atoms with E-state index in [-0.39, 0.29) is 5.41 Å². The Morgan fingerprint density at radius 1 is 0.714 bits per heavy atom. The second kappa shape index (κ2) is 14.1. The molecule has 0 bridgehead atoms. The van der Waals surface area contributed by atoms with Crippen LogP contribution in [0.4, 0.5) is 0 Å². The molecule has 35 heavy (non-hydrogen) atoms. The van der Waals surface area contributed by atoms with Crippen LogP contribution in [0.2, 0.25) is 0 Å². The van der Waals surface area contributed by atoms with Gasteiger partial charge in [0.1, 0.15) is 5.75 Å². The smallest absolute Gasteiger partial charge is 0.537 e. The molecule has 0 atom stereocenters. The number of benzene rings is 2. The Bertz CT molecular complexity index is 900. The largest absolute Gasteiger partial charge is 0.569 e. The van der Waals surface area contributed by atoms with Crippen LogP contribution in [-0.2, 0) is 5.41 Å². The average molecular weight is 477 g/mol. The van der Waals surface area contributed by atoms with E-state index < -0.39 is 7.12 Å². The summed E-state index contributed by atoms with van der Waals surface area (Å²) in [6.45, 7) is 4.50. The third-order valence-corrected chi connectivity index (χ3v) is 7.76. The molecule has 0 aliphatic heterocycles. The molecule has 2 aromatic rings. The highest BCUT2D eigenvalue weighted by atomic mass is 16.5. The van der Waals surface area contributed by atoms with E-state index in [1.165, 1.54) is 86.5 Å². The second-order valence-electron chi connectivity index (χ2n) is 10.2. The van der Waals surface area contributed by atoms with Crippen LogP contribution in [0, 0.1) is 0 Å². The predicted octanol–water partition coefficient (Wildman–Crippen LogP) is 6.04. The zero-order valence-electron chi connectivity index (χ0n) is 21.8. The maximum absolute atomic E-state index is 9.95. The van der Waals surface area contributed by atoms with Gasteiger partial charge in [0.25, 0.3) is 0 Å². The highest BCUT2D eigenvalue weighted by molar-refractivity contribution is 6.58. The van der Waals surface area contributed by atoms with Crippen molar-refractivity contribution in [1.82, 2.24) is 0 Å². The Labute approximate surface area is 213 Å². The van der Waals surface area contributed by atoms with Gasteiger partial charge in [-0.25, -0.2) is 0 Å². The van der Waals surface area contributed by atoms with E-state index in [0.29, 0.717) is 11.2 Å². The first-order chi connectivity index (χ1) is 17.1. The number of hydrogen-bond donors (Lipinski definition) is 3. The first-order valence-electron chi connectivity index (χ1n) is 13.9. The molecule has 0 spiro atoms.